The third kappa shape index (κ3) is 2.41. The lowest BCUT2D eigenvalue weighted by atomic mass is 10.1. The van der Waals surface area contributed by atoms with Crippen LogP contribution in [0, 0.1) is 6.92 Å². The van der Waals surface area contributed by atoms with Gasteiger partial charge in [-0.2, -0.15) is 5.10 Å². The number of carbonyl (C=O) groups is 1. The molecule has 2 heterocycles. The van der Waals surface area contributed by atoms with E-state index in [9.17, 15) is 4.79 Å². The first-order valence-electron chi connectivity index (χ1n) is 5.71. The summed E-state index contributed by atoms with van der Waals surface area (Å²) in [6.45, 7) is 4.79. The van der Waals surface area contributed by atoms with Gasteiger partial charge in [0.25, 0.3) is 0 Å². The minimum absolute atomic E-state index is 0.0644. The molecule has 4 heteroatoms. The Bertz CT molecular complexity index is 531. The van der Waals surface area contributed by atoms with Crippen LogP contribution >= 0.6 is 0 Å². The van der Waals surface area contributed by atoms with E-state index in [-0.39, 0.29) is 5.78 Å². The van der Waals surface area contributed by atoms with Gasteiger partial charge in [-0.1, -0.05) is 13.0 Å². The summed E-state index contributed by atoms with van der Waals surface area (Å²) in [6.07, 6.45) is 6.01. The van der Waals surface area contributed by atoms with Crippen molar-refractivity contribution in [2.75, 3.05) is 0 Å². The molecule has 0 aliphatic carbocycles. The first-order valence-corrected chi connectivity index (χ1v) is 5.71. The summed E-state index contributed by atoms with van der Waals surface area (Å²) in [5.74, 6) is -0.0644. The van der Waals surface area contributed by atoms with Gasteiger partial charge in [-0.15, -0.1) is 0 Å². The molecule has 0 radical (unpaired) electrons. The second kappa shape index (κ2) is 4.91. The monoisotopic (exact) mass is 229 g/mol. The average molecular weight is 229 g/mol. The van der Waals surface area contributed by atoms with Gasteiger partial charge in [0.15, 0.2) is 0 Å². The quantitative estimate of drug-likeness (QED) is 0.755. The van der Waals surface area contributed by atoms with Crippen molar-refractivity contribution in [3.8, 4) is 0 Å². The van der Waals surface area contributed by atoms with E-state index in [2.05, 4.69) is 17.0 Å². The summed E-state index contributed by atoms with van der Waals surface area (Å²) in [7, 11) is 0. The van der Waals surface area contributed by atoms with Crippen LogP contribution in [0.2, 0.25) is 0 Å². The Morgan fingerprint density at radius 2 is 2.29 bits per heavy atom. The molecular formula is C13H15N3O. The van der Waals surface area contributed by atoms with E-state index in [4.69, 9.17) is 0 Å². The van der Waals surface area contributed by atoms with E-state index in [0.717, 1.165) is 18.5 Å². The number of rotatable bonds is 4. The molecule has 0 unspecified atom stereocenters. The topological polar surface area (TPSA) is 47.8 Å². The largest absolute Gasteiger partial charge is 0.287 e. The van der Waals surface area contributed by atoms with Crippen LogP contribution in [-0.2, 0) is 6.54 Å². The van der Waals surface area contributed by atoms with Crippen molar-refractivity contribution >= 4 is 5.78 Å². The summed E-state index contributed by atoms with van der Waals surface area (Å²) in [5, 5.41) is 4.15. The molecule has 4 nitrogen and oxygen atoms in total. The number of hydrogen-bond acceptors (Lipinski definition) is 3. The number of pyridine rings is 1. The molecule has 0 aliphatic heterocycles. The number of aryl methyl sites for hydroxylation is 2. The van der Waals surface area contributed by atoms with E-state index in [0.29, 0.717) is 11.3 Å². The highest BCUT2D eigenvalue weighted by Crippen LogP contribution is 2.10. The van der Waals surface area contributed by atoms with Crippen molar-refractivity contribution in [2.24, 2.45) is 0 Å². The molecule has 0 N–H and O–H groups in total. The van der Waals surface area contributed by atoms with E-state index in [1.165, 1.54) is 0 Å². The fourth-order valence-corrected chi connectivity index (χ4v) is 1.69. The number of hydrogen-bond donors (Lipinski definition) is 0. The Balaban J connectivity index is 2.28. The predicted octanol–water partition coefficient (Wildman–Crippen LogP) is 2.23. The maximum atomic E-state index is 12.2. The Kier molecular flexibility index (Phi) is 3.32. The smallest absolute Gasteiger partial charge is 0.214 e. The highest BCUT2D eigenvalue weighted by atomic mass is 16.1. The standard InChI is InChI=1S/C13H15N3O/c1-3-7-16-9-11(8-15-16)13(17)12-10(2)5-4-6-14-12/h4-6,8-9H,3,7H2,1-2H3. The zero-order chi connectivity index (χ0) is 12.3. The van der Waals surface area contributed by atoms with E-state index < -0.39 is 0 Å². The van der Waals surface area contributed by atoms with Crippen LogP contribution in [0.5, 0.6) is 0 Å². The zero-order valence-electron chi connectivity index (χ0n) is 10.1. The van der Waals surface area contributed by atoms with Crippen LogP contribution in [0.3, 0.4) is 0 Å². The molecule has 88 valence electrons. The normalized spacial score (nSPS) is 10.5. The minimum Gasteiger partial charge on any atom is -0.287 e. The molecule has 2 rings (SSSR count). The van der Waals surface area contributed by atoms with Gasteiger partial charge < -0.3 is 0 Å². The molecule has 0 saturated carbocycles. The maximum Gasteiger partial charge on any atom is 0.214 e. The third-order valence-electron chi connectivity index (χ3n) is 2.57. The lowest BCUT2D eigenvalue weighted by Gasteiger charge is -2.00. The van der Waals surface area contributed by atoms with Crippen LogP contribution in [0.25, 0.3) is 0 Å². The SMILES string of the molecule is CCCn1cc(C(=O)c2ncccc2C)cn1. The summed E-state index contributed by atoms with van der Waals surface area (Å²) in [6, 6.07) is 3.71. The molecule has 0 fully saturated rings. The van der Waals surface area contributed by atoms with Gasteiger partial charge >= 0.3 is 0 Å². The number of nitrogens with zero attached hydrogens (tertiary/aromatic N) is 3. The fourth-order valence-electron chi connectivity index (χ4n) is 1.69. The van der Waals surface area contributed by atoms with Crippen LogP contribution < -0.4 is 0 Å². The summed E-state index contributed by atoms with van der Waals surface area (Å²) < 4.78 is 1.78. The van der Waals surface area contributed by atoms with E-state index in [1.807, 2.05) is 19.1 Å². The highest BCUT2D eigenvalue weighted by Gasteiger charge is 2.14. The second-order valence-electron chi connectivity index (χ2n) is 3.99. The van der Waals surface area contributed by atoms with Crippen molar-refractivity contribution in [1.82, 2.24) is 14.8 Å². The molecule has 0 aromatic carbocycles. The number of carbonyl (C=O) groups excluding carboxylic acids is 1. The van der Waals surface area contributed by atoms with E-state index >= 15 is 0 Å². The Morgan fingerprint density at radius 1 is 1.47 bits per heavy atom. The minimum atomic E-state index is -0.0644. The summed E-state index contributed by atoms with van der Waals surface area (Å²) >= 11 is 0. The van der Waals surface area contributed by atoms with Gasteiger partial charge in [-0.3, -0.25) is 14.5 Å². The molecule has 17 heavy (non-hydrogen) atoms. The molecule has 2 aromatic heterocycles. The lowest BCUT2D eigenvalue weighted by molar-refractivity contribution is 0.103. The molecule has 2 aromatic rings. The number of aromatic nitrogens is 3. The predicted molar refractivity (Wildman–Crippen MR) is 64.9 cm³/mol. The van der Waals surface area contributed by atoms with Crippen molar-refractivity contribution in [3.05, 3.63) is 47.5 Å². The van der Waals surface area contributed by atoms with Gasteiger partial charge in [0.2, 0.25) is 5.78 Å². The van der Waals surface area contributed by atoms with Crippen LogP contribution in [0.4, 0.5) is 0 Å². The van der Waals surface area contributed by atoms with Crippen LogP contribution in [0.1, 0.15) is 35.0 Å². The second-order valence-corrected chi connectivity index (χ2v) is 3.99. The molecule has 0 amide bonds. The molecule has 0 bridgehead atoms. The van der Waals surface area contributed by atoms with Crippen molar-refractivity contribution < 1.29 is 4.79 Å². The molecule has 0 aliphatic rings. The van der Waals surface area contributed by atoms with Crippen molar-refractivity contribution in [1.29, 1.82) is 0 Å². The molecule has 0 spiro atoms. The van der Waals surface area contributed by atoms with Gasteiger partial charge in [0, 0.05) is 18.9 Å². The fraction of sp³-hybridized carbons (Fsp3) is 0.308. The Hall–Kier alpha value is -1.97. The molecule has 0 saturated heterocycles. The van der Waals surface area contributed by atoms with Crippen LogP contribution in [0.15, 0.2) is 30.7 Å². The summed E-state index contributed by atoms with van der Waals surface area (Å²) in [4.78, 5) is 16.3. The average Bonchev–Trinajstić information content (AvgIpc) is 2.78. The van der Waals surface area contributed by atoms with Crippen molar-refractivity contribution in [2.45, 2.75) is 26.8 Å². The highest BCUT2D eigenvalue weighted by molar-refractivity contribution is 6.08. The van der Waals surface area contributed by atoms with Gasteiger partial charge in [-0.05, 0) is 25.0 Å². The first kappa shape index (κ1) is 11.5. The molecule has 0 atom stereocenters. The summed E-state index contributed by atoms with van der Waals surface area (Å²) in [5.41, 5.74) is 1.99. The van der Waals surface area contributed by atoms with Gasteiger partial charge in [0.1, 0.15) is 5.69 Å². The molecular weight excluding hydrogens is 214 g/mol. The lowest BCUT2D eigenvalue weighted by Crippen LogP contribution is -2.05. The maximum absolute atomic E-state index is 12.2. The van der Waals surface area contributed by atoms with Crippen molar-refractivity contribution in [3.63, 3.8) is 0 Å². The Morgan fingerprint density at radius 3 is 3.00 bits per heavy atom. The van der Waals surface area contributed by atoms with Gasteiger partial charge in [-0.25, -0.2) is 0 Å². The van der Waals surface area contributed by atoms with Gasteiger partial charge in [0.05, 0.1) is 11.8 Å². The first-order chi connectivity index (χ1) is 8.22. The zero-order valence-corrected chi connectivity index (χ0v) is 10.1. The number of ketones is 1. The third-order valence-corrected chi connectivity index (χ3v) is 2.57. The Labute approximate surface area is 100 Å². The van der Waals surface area contributed by atoms with Crippen LogP contribution in [-0.4, -0.2) is 20.5 Å². The van der Waals surface area contributed by atoms with E-state index in [1.54, 1.807) is 23.3 Å².